The van der Waals surface area contributed by atoms with Crippen molar-refractivity contribution in [3.8, 4) is 17.6 Å². The third-order valence-corrected chi connectivity index (χ3v) is 2.60. The van der Waals surface area contributed by atoms with Crippen LogP contribution in [0.2, 0.25) is 0 Å². The van der Waals surface area contributed by atoms with Gasteiger partial charge in [0.2, 0.25) is 0 Å². The molecule has 0 atom stereocenters. The number of pyridine rings is 1. The Hall–Kier alpha value is -2.61. The van der Waals surface area contributed by atoms with Crippen molar-refractivity contribution in [1.82, 2.24) is 4.98 Å². The van der Waals surface area contributed by atoms with Gasteiger partial charge in [-0.2, -0.15) is 5.26 Å². The van der Waals surface area contributed by atoms with E-state index < -0.39 is 5.82 Å². The van der Waals surface area contributed by atoms with E-state index in [2.05, 4.69) is 4.98 Å². The lowest BCUT2D eigenvalue weighted by Crippen LogP contribution is -1.97. The molecule has 0 aliphatic carbocycles. The third kappa shape index (κ3) is 2.63. The summed E-state index contributed by atoms with van der Waals surface area (Å²) in [6, 6.07) is 7.81. The summed E-state index contributed by atoms with van der Waals surface area (Å²) < 4.78 is 18.9. The Bertz CT molecular complexity index is 677. The van der Waals surface area contributed by atoms with Gasteiger partial charge >= 0.3 is 0 Å². The van der Waals surface area contributed by atoms with Crippen LogP contribution in [0.1, 0.15) is 17.0 Å². The van der Waals surface area contributed by atoms with Crippen LogP contribution in [-0.2, 0) is 0 Å². The molecular weight excluding hydrogens is 245 g/mol. The van der Waals surface area contributed by atoms with Crippen molar-refractivity contribution in [1.29, 1.82) is 5.26 Å². The molecule has 0 aliphatic heterocycles. The number of nitrogen functional groups attached to an aromatic ring is 1. The second-order valence-electron chi connectivity index (χ2n) is 4.12. The average molecular weight is 257 g/mol. The molecular formula is C14H12FN3O. The molecule has 0 unspecified atom stereocenters. The zero-order valence-corrected chi connectivity index (χ0v) is 10.6. The Kier molecular flexibility index (Phi) is 3.34. The molecule has 1 heterocycles. The Morgan fingerprint density at radius 3 is 2.68 bits per heavy atom. The van der Waals surface area contributed by atoms with Gasteiger partial charge in [0.25, 0.3) is 0 Å². The van der Waals surface area contributed by atoms with E-state index >= 15 is 0 Å². The molecule has 0 saturated carbocycles. The van der Waals surface area contributed by atoms with E-state index in [1.54, 1.807) is 26.0 Å². The lowest BCUT2D eigenvalue weighted by molar-refractivity contribution is 0.474. The molecule has 5 heteroatoms. The fraction of sp³-hybridized carbons (Fsp3) is 0.143. The van der Waals surface area contributed by atoms with Crippen LogP contribution in [0.25, 0.3) is 0 Å². The highest BCUT2D eigenvalue weighted by Crippen LogP contribution is 2.28. The van der Waals surface area contributed by atoms with Gasteiger partial charge in [-0.25, -0.2) is 4.39 Å². The summed E-state index contributed by atoms with van der Waals surface area (Å²) in [6.07, 6.45) is 0. The Morgan fingerprint density at radius 2 is 2.05 bits per heavy atom. The van der Waals surface area contributed by atoms with E-state index in [-0.39, 0.29) is 11.4 Å². The maximum atomic E-state index is 13.3. The number of benzene rings is 1. The first-order valence-corrected chi connectivity index (χ1v) is 5.62. The van der Waals surface area contributed by atoms with Crippen LogP contribution >= 0.6 is 0 Å². The minimum absolute atomic E-state index is 0.0509. The van der Waals surface area contributed by atoms with Gasteiger partial charge in [-0.3, -0.25) is 4.98 Å². The quantitative estimate of drug-likeness (QED) is 0.839. The molecule has 0 fully saturated rings. The number of hydrogen-bond acceptors (Lipinski definition) is 4. The summed E-state index contributed by atoms with van der Waals surface area (Å²) in [5.41, 5.74) is 7.08. The zero-order valence-electron chi connectivity index (χ0n) is 10.6. The number of aryl methyl sites for hydroxylation is 2. The summed E-state index contributed by atoms with van der Waals surface area (Å²) in [5, 5.41) is 9.10. The summed E-state index contributed by atoms with van der Waals surface area (Å²) in [4.78, 5) is 4.18. The van der Waals surface area contributed by atoms with Crippen LogP contribution in [-0.4, -0.2) is 4.98 Å². The van der Waals surface area contributed by atoms with Gasteiger partial charge < -0.3 is 10.5 Å². The SMILES string of the molecule is Cc1cc(Oc2ccc(N)c(F)c2)c(C#N)c(C)n1. The van der Waals surface area contributed by atoms with Crippen molar-refractivity contribution in [2.75, 3.05) is 5.73 Å². The smallest absolute Gasteiger partial charge is 0.149 e. The number of nitrogens with zero attached hydrogens (tertiary/aromatic N) is 2. The van der Waals surface area contributed by atoms with Crippen LogP contribution < -0.4 is 10.5 Å². The molecule has 0 saturated heterocycles. The van der Waals surface area contributed by atoms with E-state index in [9.17, 15) is 4.39 Å². The van der Waals surface area contributed by atoms with Crippen molar-refractivity contribution < 1.29 is 9.13 Å². The van der Waals surface area contributed by atoms with Gasteiger partial charge in [-0.1, -0.05) is 0 Å². The van der Waals surface area contributed by atoms with Crippen molar-refractivity contribution in [3.05, 3.63) is 47.0 Å². The monoisotopic (exact) mass is 257 g/mol. The lowest BCUT2D eigenvalue weighted by Gasteiger charge is -2.10. The van der Waals surface area contributed by atoms with Crippen LogP contribution in [0.3, 0.4) is 0 Å². The Balaban J connectivity index is 2.43. The van der Waals surface area contributed by atoms with E-state index in [1.807, 2.05) is 6.07 Å². The number of rotatable bonds is 2. The molecule has 0 bridgehead atoms. The van der Waals surface area contributed by atoms with Crippen LogP contribution in [0.15, 0.2) is 24.3 Å². The van der Waals surface area contributed by atoms with E-state index in [0.717, 1.165) is 5.69 Å². The van der Waals surface area contributed by atoms with Crippen molar-refractivity contribution in [2.24, 2.45) is 0 Å². The minimum Gasteiger partial charge on any atom is -0.456 e. The fourth-order valence-corrected chi connectivity index (χ4v) is 1.71. The lowest BCUT2D eigenvalue weighted by atomic mass is 10.2. The normalized spacial score (nSPS) is 10.0. The van der Waals surface area contributed by atoms with Crippen LogP contribution in [0.4, 0.5) is 10.1 Å². The largest absolute Gasteiger partial charge is 0.456 e. The van der Waals surface area contributed by atoms with E-state index in [1.165, 1.54) is 12.1 Å². The van der Waals surface area contributed by atoms with Gasteiger partial charge in [0, 0.05) is 17.8 Å². The first-order valence-electron chi connectivity index (χ1n) is 5.62. The highest BCUT2D eigenvalue weighted by molar-refractivity contribution is 5.50. The number of aromatic nitrogens is 1. The molecule has 2 N–H and O–H groups in total. The Morgan fingerprint density at radius 1 is 1.32 bits per heavy atom. The van der Waals surface area contributed by atoms with Gasteiger partial charge in [0.15, 0.2) is 0 Å². The molecule has 4 nitrogen and oxygen atoms in total. The summed E-state index contributed by atoms with van der Waals surface area (Å²) in [6.45, 7) is 3.52. The maximum Gasteiger partial charge on any atom is 0.149 e. The molecule has 0 aliphatic rings. The molecule has 0 spiro atoms. The predicted octanol–water partition coefficient (Wildman–Crippen LogP) is 3.08. The maximum absolute atomic E-state index is 13.3. The number of halogens is 1. The molecule has 0 amide bonds. The first kappa shape index (κ1) is 12.8. The number of nitriles is 1. The standard InChI is InChI=1S/C14H12FN3O/c1-8-5-14(11(7-16)9(2)18-8)19-10-3-4-13(17)12(15)6-10/h3-6H,17H2,1-2H3. The molecule has 19 heavy (non-hydrogen) atoms. The summed E-state index contributed by atoms with van der Waals surface area (Å²) in [5.74, 6) is 0.0865. The predicted molar refractivity (Wildman–Crippen MR) is 69.3 cm³/mol. The minimum atomic E-state index is -0.557. The molecule has 0 radical (unpaired) electrons. The summed E-state index contributed by atoms with van der Waals surface area (Å²) >= 11 is 0. The van der Waals surface area contributed by atoms with Gasteiger partial charge in [-0.15, -0.1) is 0 Å². The van der Waals surface area contributed by atoms with Crippen LogP contribution in [0, 0.1) is 31.0 Å². The van der Waals surface area contributed by atoms with Crippen molar-refractivity contribution >= 4 is 5.69 Å². The zero-order chi connectivity index (χ0) is 14.0. The highest BCUT2D eigenvalue weighted by Gasteiger charge is 2.11. The first-order chi connectivity index (χ1) is 9.01. The van der Waals surface area contributed by atoms with Crippen LogP contribution in [0.5, 0.6) is 11.5 Å². The highest BCUT2D eigenvalue weighted by atomic mass is 19.1. The van der Waals surface area contributed by atoms with Gasteiger partial charge in [-0.05, 0) is 26.0 Å². The number of hydrogen-bond donors (Lipinski definition) is 1. The Labute approximate surface area is 110 Å². The van der Waals surface area contributed by atoms with Gasteiger partial charge in [0.05, 0.1) is 11.4 Å². The second kappa shape index (κ2) is 4.94. The molecule has 2 aromatic rings. The summed E-state index contributed by atoms with van der Waals surface area (Å²) in [7, 11) is 0. The molecule has 1 aromatic carbocycles. The van der Waals surface area contributed by atoms with Gasteiger partial charge in [0.1, 0.15) is 28.9 Å². The topological polar surface area (TPSA) is 71.9 Å². The van der Waals surface area contributed by atoms with E-state index in [4.69, 9.17) is 15.7 Å². The van der Waals surface area contributed by atoms with Crippen molar-refractivity contribution in [3.63, 3.8) is 0 Å². The number of anilines is 1. The molecule has 2 rings (SSSR count). The molecule has 1 aromatic heterocycles. The fourth-order valence-electron chi connectivity index (χ4n) is 1.71. The second-order valence-corrected chi connectivity index (χ2v) is 4.12. The average Bonchev–Trinajstić information content (AvgIpc) is 2.33. The third-order valence-electron chi connectivity index (χ3n) is 2.60. The van der Waals surface area contributed by atoms with Crippen molar-refractivity contribution in [2.45, 2.75) is 13.8 Å². The van der Waals surface area contributed by atoms with E-state index in [0.29, 0.717) is 17.0 Å². The number of ether oxygens (including phenoxy) is 1. The molecule has 96 valence electrons. The number of nitrogens with two attached hydrogens (primary N) is 1.